The summed E-state index contributed by atoms with van der Waals surface area (Å²) in [6.45, 7) is 3.49. The first kappa shape index (κ1) is 13.9. The Hall–Kier alpha value is -1.55. The van der Waals surface area contributed by atoms with E-state index in [4.69, 9.17) is 0 Å². The molecule has 1 aromatic carbocycles. The Bertz CT molecular complexity index is 453. The largest absolute Gasteiger partial charge is 0.508 e. The molecule has 1 atom stereocenters. The van der Waals surface area contributed by atoms with Crippen LogP contribution in [0.5, 0.6) is 5.75 Å². The van der Waals surface area contributed by atoms with Gasteiger partial charge in [-0.25, -0.2) is 0 Å². The van der Waals surface area contributed by atoms with E-state index in [0.717, 1.165) is 31.4 Å². The molecule has 1 saturated heterocycles. The zero-order chi connectivity index (χ0) is 13.9. The van der Waals surface area contributed by atoms with E-state index in [0.29, 0.717) is 6.54 Å². The van der Waals surface area contributed by atoms with Crippen LogP contribution >= 0.6 is 0 Å². The lowest BCUT2D eigenvalue weighted by Crippen LogP contribution is -2.53. The Morgan fingerprint density at radius 2 is 2.32 bits per heavy atom. The van der Waals surface area contributed by atoms with Gasteiger partial charge in [0.1, 0.15) is 5.75 Å². The van der Waals surface area contributed by atoms with Crippen LogP contribution in [-0.2, 0) is 11.3 Å². The topological polar surface area (TPSA) is 52.6 Å². The number of aromatic hydroxyl groups is 1. The van der Waals surface area contributed by atoms with Crippen molar-refractivity contribution < 1.29 is 9.90 Å². The molecule has 2 N–H and O–H groups in total. The van der Waals surface area contributed by atoms with Gasteiger partial charge in [0.2, 0.25) is 5.91 Å². The van der Waals surface area contributed by atoms with Crippen molar-refractivity contribution in [3.05, 3.63) is 29.8 Å². The highest BCUT2D eigenvalue weighted by Gasteiger charge is 2.40. The summed E-state index contributed by atoms with van der Waals surface area (Å²) in [5, 5.41) is 12.8. The van der Waals surface area contributed by atoms with E-state index in [9.17, 15) is 9.90 Å². The van der Waals surface area contributed by atoms with E-state index in [1.165, 1.54) is 0 Å². The second-order valence-electron chi connectivity index (χ2n) is 5.30. The van der Waals surface area contributed by atoms with Crippen molar-refractivity contribution in [2.75, 3.05) is 13.6 Å². The highest BCUT2D eigenvalue weighted by atomic mass is 16.3. The molecule has 1 heterocycles. The molecule has 0 aliphatic carbocycles. The summed E-state index contributed by atoms with van der Waals surface area (Å²) in [6, 6.07) is 7.05. The van der Waals surface area contributed by atoms with Crippen LogP contribution in [0.1, 0.15) is 31.7 Å². The second-order valence-corrected chi connectivity index (χ2v) is 5.30. The Kier molecular flexibility index (Phi) is 4.10. The van der Waals surface area contributed by atoms with Gasteiger partial charge in [0.05, 0.1) is 5.54 Å². The lowest BCUT2D eigenvalue weighted by molar-refractivity contribution is -0.137. The smallest absolute Gasteiger partial charge is 0.242 e. The van der Waals surface area contributed by atoms with Gasteiger partial charge in [-0.15, -0.1) is 0 Å². The fourth-order valence-electron chi connectivity index (χ4n) is 2.81. The van der Waals surface area contributed by atoms with Crippen LogP contribution in [0.15, 0.2) is 24.3 Å². The van der Waals surface area contributed by atoms with Crippen molar-refractivity contribution in [2.45, 2.75) is 38.3 Å². The van der Waals surface area contributed by atoms with Gasteiger partial charge in [-0.05, 0) is 43.5 Å². The number of carbonyl (C=O) groups excluding carboxylic acids is 1. The first-order chi connectivity index (χ1) is 9.07. The van der Waals surface area contributed by atoms with E-state index >= 15 is 0 Å². The molecule has 19 heavy (non-hydrogen) atoms. The number of phenolic OH excluding ortho intramolecular Hbond substituents is 1. The summed E-state index contributed by atoms with van der Waals surface area (Å²) in [5.41, 5.74) is 0.561. The third kappa shape index (κ3) is 2.89. The maximum Gasteiger partial charge on any atom is 0.242 e. The van der Waals surface area contributed by atoms with Crippen LogP contribution in [0.4, 0.5) is 0 Å². The molecule has 0 radical (unpaired) electrons. The summed E-state index contributed by atoms with van der Waals surface area (Å²) in [4.78, 5) is 14.3. The fraction of sp³-hybridized carbons (Fsp3) is 0.533. The number of nitrogens with zero attached hydrogens (tertiary/aromatic N) is 1. The monoisotopic (exact) mass is 262 g/mol. The van der Waals surface area contributed by atoms with E-state index in [-0.39, 0.29) is 17.2 Å². The summed E-state index contributed by atoms with van der Waals surface area (Å²) >= 11 is 0. The van der Waals surface area contributed by atoms with Gasteiger partial charge in [0, 0.05) is 13.6 Å². The van der Waals surface area contributed by atoms with Gasteiger partial charge in [-0.2, -0.15) is 0 Å². The molecule has 1 aliphatic rings. The van der Waals surface area contributed by atoms with Crippen LogP contribution in [0, 0.1) is 0 Å². The molecule has 0 bridgehead atoms. The van der Waals surface area contributed by atoms with Gasteiger partial charge < -0.3 is 15.3 Å². The zero-order valence-electron chi connectivity index (χ0n) is 11.6. The SMILES string of the molecule is CCC1(C(=O)N(C)Cc2cccc(O)c2)CCCN1. The minimum absolute atomic E-state index is 0.149. The molecule has 1 aliphatic heterocycles. The highest BCUT2D eigenvalue weighted by molar-refractivity contribution is 5.86. The predicted molar refractivity (Wildman–Crippen MR) is 74.8 cm³/mol. The summed E-state index contributed by atoms with van der Waals surface area (Å²) < 4.78 is 0. The van der Waals surface area contributed by atoms with Crippen molar-refractivity contribution in [1.29, 1.82) is 0 Å². The van der Waals surface area contributed by atoms with Crippen molar-refractivity contribution in [3.8, 4) is 5.75 Å². The summed E-state index contributed by atoms with van der Waals surface area (Å²) in [7, 11) is 1.82. The first-order valence-corrected chi connectivity index (χ1v) is 6.86. The Morgan fingerprint density at radius 1 is 1.53 bits per heavy atom. The van der Waals surface area contributed by atoms with Gasteiger partial charge in [-0.3, -0.25) is 4.79 Å². The van der Waals surface area contributed by atoms with E-state index in [2.05, 4.69) is 12.2 Å². The Morgan fingerprint density at radius 3 is 2.89 bits per heavy atom. The number of hydrogen-bond donors (Lipinski definition) is 2. The number of carbonyl (C=O) groups is 1. The maximum absolute atomic E-state index is 12.6. The number of benzene rings is 1. The molecule has 1 amide bonds. The standard InChI is InChI=1S/C15H22N2O2/c1-3-15(8-5-9-16-15)14(19)17(2)11-12-6-4-7-13(18)10-12/h4,6-7,10,16,18H,3,5,8-9,11H2,1-2H3. The number of nitrogens with one attached hydrogen (secondary N) is 1. The van der Waals surface area contributed by atoms with Gasteiger partial charge in [-0.1, -0.05) is 19.1 Å². The quantitative estimate of drug-likeness (QED) is 0.871. The zero-order valence-corrected chi connectivity index (χ0v) is 11.6. The minimum atomic E-state index is -0.383. The van der Waals surface area contributed by atoms with Gasteiger partial charge in [0.15, 0.2) is 0 Å². The number of rotatable bonds is 4. The molecule has 1 aromatic rings. The second kappa shape index (κ2) is 5.61. The third-order valence-corrected chi connectivity index (χ3v) is 3.93. The lowest BCUT2D eigenvalue weighted by atomic mass is 9.92. The molecule has 104 valence electrons. The average Bonchev–Trinajstić information content (AvgIpc) is 2.87. The van der Waals surface area contributed by atoms with Crippen molar-refractivity contribution >= 4 is 5.91 Å². The summed E-state index contributed by atoms with van der Waals surface area (Å²) in [6.07, 6.45) is 2.78. The first-order valence-electron chi connectivity index (χ1n) is 6.86. The molecule has 4 heteroatoms. The molecule has 1 unspecified atom stereocenters. The Labute approximate surface area is 114 Å². The van der Waals surface area contributed by atoms with Crippen molar-refractivity contribution in [1.82, 2.24) is 10.2 Å². The summed E-state index contributed by atoms with van der Waals surface area (Å²) in [5.74, 6) is 0.387. The van der Waals surface area contributed by atoms with E-state index in [1.807, 2.05) is 13.1 Å². The van der Waals surface area contributed by atoms with Crippen LogP contribution in [-0.4, -0.2) is 35.0 Å². The van der Waals surface area contributed by atoms with Crippen LogP contribution < -0.4 is 5.32 Å². The lowest BCUT2D eigenvalue weighted by Gasteiger charge is -2.31. The molecular weight excluding hydrogens is 240 g/mol. The molecule has 4 nitrogen and oxygen atoms in total. The van der Waals surface area contributed by atoms with Crippen molar-refractivity contribution in [2.24, 2.45) is 0 Å². The van der Waals surface area contributed by atoms with Crippen LogP contribution in [0.25, 0.3) is 0 Å². The fourth-order valence-corrected chi connectivity index (χ4v) is 2.81. The predicted octanol–water partition coefficient (Wildman–Crippen LogP) is 1.88. The molecule has 0 saturated carbocycles. The van der Waals surface area contributed by atoms with Crippen LogP contribution in [0.2, 0.25) is 0 Å². The van der Waals surface area contributed by atoms with E-state index < -0.39 is 0 Å². The molecule has 1 fully saturated rings. The number of amides is 1. The molecule has 2 rings (SSSR count). The molecule has 0 spiro atoms. The highest BCUT2D eigenvalue weighted by Crippen LogP contribution is 2.25. The third-order valence-electron chi connectivity index (χ3n) is 3.93. The number of likely N-dealkylation sites (N-methyl/N-ethyl adjacent to an activating group) is 1. The molecular formula is C15H22N2O2. The molecule has 0 aromatic heterocycles. The minimum Gasteiger partial charge on any atom is -0.508 e. The normalized spacial score (nSPS) is 22.4. The van der Waals surface area contributed by atoms with Gasteiger partial charge in [0.25, 0.3) is 0 Å². The average molecular weight is 262 g/mol. The van der Waals surface area contributed by atoms with E-state index in [1.54, 1.807) is 23.1 Å². The number of hydrogen-bond acceptors (Lipinski definition) is 3. The Balaban J connectivity index is 2.07. The van der Waals surface area contributed by atoms with Gasteiger partial charge >= 0.3 is 0 Å². The number of phenols is 1. The van der Waals surface area contributed by atoms with Crippen molar-refractivity contribution in [3.63, 3.8) is 0 Å². The maximum atomic E-state index is 12.6. The van der Waals surface area contributed by atoms with Crippen LogP contribution in [0.3, 0.4) is 0 Å².